The van der Waals surface area contributed by atoms with Gasteiger partial charge in [-0.15, -0.1) is 0 Å². The molecule has 27 heavy (non-hydrogen) atoms. The zero-order valence-electron chi connectivity index (χ0n) is 15.4. The molecule has 0 unspecified atom stereocenters. The van der Waals surface area contributed by atoms with Crippen molar-refractivity contribution in [2.45, 2.75) is 20.8 Å². The molecule has 0 radical (unpaired) electrons. The summed E-state index contributed by atoms with van der Waals surface area (Å²) in [5.74, 6) is -0.286. The Morgan fingerprint density at radius 2 is 1.93 bits per heavy atom. The maximum atomic E-state index is 12.2. The van der Waals surface area contributed by atoms with Crippen molar-refractivity contribution in [1.29, 1.82) is 0 Å². The maximum absolute atomic E-state index is 12.2. The van der Waals surface area contributed by atoms with E-state index in [-0.39, 0.29) is 17.2 Å². The van der Waals surface area contributed by atoms with Crippen molar-refractivity contribution in [1.82, 2.24) is 9.97 Å². The molecule has 0 atom stereocenters. The second-order valence-electron chi connectivity index (χ2n) is 7.03. The minimum atomic E-state index is -0.823. The van der Waals surface area contributed by atoms with Gasteiger partial charge in [-0.1, -0.05) is 12.1 Å². The summed E-state index contributed by atoms with van der Waals surface area (Å²) in [6, 6.07) is 10.3. The maximum Gasteiger partial charge on any atom is 0.316 e. The number of methoxy groups -OCH3 is 1. The van der Waals surface area contributed by atoms with Crippen LogP contribution in [0.1, 0.15) is 20.8 Å². The molecule has 0 aliphatic carbocycles. The summed E-state index contributed by atoms with van der Waals surface area (Å²) in [6.45, 7) is 4.99. The first-order valence-corrected chi connectivity index (χ1v) is 8.24. The van der Waals surface area contributed by atoms with E-state index < -0.39 is 16.3 Å². The van der Waals surface area contributed by atoms with E-state index in [1.807, 2.05) is 24.3 Å². The van der Waals surface area contributed by atoms with Crippen LogP contribution in [0.2, 0.25) is 0 Å². The number of aromatic nitrogens is 2. The monoisotopic (exact) mass is 369 g/mol. The highest BCUT2D eigenvalue weighted by Crippen LogP contribution is 2.41. The number of imidazole rings is 1. The van der Waals surface area contributed by atoms with E-state index in [2.05, 4.69) is 9.97 Å². The molecule has 8 nitrogen and oxygen atoms in total. The first kappa shape index (κ1) is 18.4. The highest BCUT2D eigenvalue weighted by molar-refractivity contribution is 5.83. The Bertz CT molecular complexity index is 1000. The third kappa shape index (κ3) is 3.59. The number of carbonyl (C=O) groups excluding carboxylic acids is 1. The number of nitro benzene ring substituents is 1. The summed E-state index contributed by atoms with van der Waals surface area (Å²) in [6.07, 6.45) is 0. The number of hydrogen-bond donors (Lipinski definition) is 1. The first-order chi connectivity index (χ1) is 12.7. The average molecular weight is 369 g/mol. The van der Waals surface area contributed by atoms with Gasteiger partial charge in [0.1, 0.15) is 5.82 Å². The van der Waals surface area contributed by atoms with Gasteiger partial charge >= 0.3 is 11.7 Å². The molecule has 0 fully saturated rings. The Balaban J connectivity index is 2.14. The normalized spacial score (nSPS) is 11.4. The van der Waals surface area contributed by atoms with E-state index in [1.165, 1.54) is 13.2 Å². The number of para-hydroxylation sites is 2. The molecule has 0 aliphatic heterocycles. The van der Waals surface area contributed by atoms with Crippen molar-refractivity contribution in [2.75, 3.05) is 7.11 Å². The highest BCUT2D eigenvalue weighted by Gasteiger charge is 2.30. The Morgan fingerprint density at radius 3 is 2.52 bits per heavy atom. The summed E-state index contributed by atoms with van der Waals surface area (Å²) >= 11 is 0. The third-order valence-electron chi connectivity index (χ3n) is 3.92. The van der Waals surface area contributed by atoms with E-state index in [4.69, 9.17) is 9.47 Å². The fourth-order valence-electron chi connectivity index (χ4n) is 2.45. The van der Waals surface area contributed by atoms with Crippen molar-refractivity contribution in [3.63, 3.8) is 0 Å². The molecule has 1 heterocycles. The molecule has 0 bridgehead atoms. The number of esters is 1. The Morgan fingerprint density at radius 1 is 1.22 bits per heavy atom. The number of ether oxygens (including phenoxy) is 2. The fraction of sp³-hybridized carbons (Fsp3) is 0.263. The number of nitrogens with one attached hydrogen (secondary N) is 1. The summed E-state index contributed by atoms with van der Waals surface area (Å²) in [5.41, 5.74) is 0.790. The van der Waals surface area contributed by atoms with Crippen LogP contribution in [0.4, 0.5) is 5.69 Å². The second-order valence-corrected chi connectivity index (χ2v) is 7.03. The first-order valence-electron chi connectivity index (χ1n) is 8.24. The summed E-state index contributed by atoms with van der Waals surface area (Å²) in [7, 11) is 1.36. The van der Waals surface area contributed by atoms with Crippen LogP contribution in [0, 0.1) is 15.5 Å². The van der Waals surface area contributed by atoms with Crippen LogP contribution >= 0.6 is 0 Å². The van der Waals surface area contributed by atoms with Gasteiger partial charge in [0.05, 0.1) is 28.5 Å². The molecule has 3 rings (SSSR count). The number of rotatable bonds is 4. The van der Waals surface area contributed by atoms with Gasteiger partial charge in [0.15, 0.2) is 5.75 Å². The quantitative estimate of drug-likeness (QED) is 0.321. The van der Waals surface area contributed by atoms with Crippen molar-refractivity contribution in [2.24, 2.45) is 5.41 Å². The number of H-pyrrole nitrogens is 1. The smallest absolute Gasteiger partial charge is 0.316 e. The van der Waals surface area contributed by atoms with Crippen LogP contribution in [0.3, 0.4) is 0 Å². The van der Waals surface area contributed by atoms with Crippen molar-refractivity contribution in [3.05, 3.63) is 46.5 Å². The molecule has 1 N–H and O–H groups in total. The van der Waals surface area contributed by atoms with Crippen LogP contribution < -0.4 is 9.47 Å². The molecule has 0 spiro atoms. The van der Waals surface area contributed by atoms with Gasteiger partial charge in [-0.2, -0.15) is 0 Å². The number of aromatic amines is 1. The third-order valence-corrected chi connectivity index (χ3v) is 3.92. The highest BCUT2D eigenvalue weighted by atomic mass is 16.6. The lowest BCUT2D eigenvalue weighted by Crippen LogP contribution is -2.26. The Labute approximate surface area is 155 Å². The molecule has 0 saturated carbocycles. The van der Waals surface area contributed by atoms with E-state index in [1.54, 1.807) is 26.8 Å². The molecule has 0 saturated heterocycles. The van der Waals surface area contributed by atoms with Crippen molar-refractivity contribution in [3.8, 4) is 22.9 Å². The predicted molar refractivity (Wildman–Crippen MR) is 99.8 cm³/mol. The van der Waals surface area contributed by atoms with Gasteiger partial charge in [-0.3, -0.25) is 14.9 Å². The molecule has 3 aromatic rings. The van der Waals surface area contributed by atoms with Gasteiger partial charge in [-0.25, -0.2) is 4.98 Å². The molecular weight excluding hydrogens is 350 g/mol. The zero-order chi connectivity index (χ0) is 19.8. The number of fused-ring (bicyclic) bond motifs is 1. The second kappa shape index (κ2) is 6.71. The minimum Gasteiger partial charge on any atom is -0.493 e. The number of carbonyl (C=O) groups is 1. The zero-order valence-corrected chi connectivity index (χ0v) is 15.4. The Hall–Kier alpha value is -3.42. The van der Waals surface area contributed by atoms with Crippen LogP contribution in [-0.2, 0) is 4.79 Å². The summed E-state index contributed by atoms with van der Waals surface area (Å²) in [5, 5.41) is 11.6. The topological polar surface area (TPSA) is 107 Å². The van der Waals surface area contributed by atoms with Crippen LogP contribution in [0.15, 0.2) is 36.4 Å². The molecule has 0 aliphatic rings. The van der Waals surface area contributed by atoms with Crippen LogP contribution in [0.25, 0.3) is 22.4 Å². The minimum absolute atomic E-state index is 0.0808. The van der Waals surface area contributed by atoms with Crippen LogP contribution in [0.5, 0.6) is 11.5 Å². The lowest BCUT2D eigenvalue weighted by molar-refractivity contribution is -0.385. The Kier molecular flexibility index (Phi) is 4.57. The lowest BCUT2D eigenvalue weighted by atomic mass is 9.97. The molecule has 1 aromatic heterocycles. The predicted octanol–water partition coefficient (Wildman–Crippen LogP) is 4.10. The largest absolute Gasteiger partial charge is 0.493 e. The number of benzene rings is 2. The molecular formula is C19H19N3O5. The summed E-state index contributed by atoms with van der Waals surface area (Å²) in [4.78, 5) is 30.8. The molecule has 8 heteroatoms. The van der Waals surface area contributed by atoms with E-state index in [0.29, 0.717) is 11.4 Å². The van der Waals surface area contributed by atoms with Gasteiger partial charge < -0.3 is 14.5 Å². The molecule has 0 amide bonds. The summed E-state index contributed by atoms with van der Waals surface area (Å²) < 4.78 is 10.6. The van der Waals surface area contributed by atoms with Gasteiger partial charge in [0.2, 0.25) is 5.75 Å². The van der Waals surface area contributed by atoms with E-state index >= 15 is 0 Å². The number of hydrogen-bond acceptors (Lipinski definition) is 6. The molecule has 2 aromatic carbocycles. The number of nitrogens with zero attached hydrogens (tertiary/aromatic N) is 2. The fourth-order valence-corrected chi connectivity index (χ4v) is 2.45. The van der Waals surface area contributed by atoms with Gasteiger partial charge in [0, 0.05) is 11.6 Å². The standard InChI is InChI=1S/C19H19N3O5/c1-19(2,3)18(23)27-16-14(22(24)25)9-11(10-15(16)26-4)17-20-12-7-5-6-8-13(12)21-17/h5-10H,1-4H3,(H,20,21). The average Bonchev–Trinajstić information content (AvgIpc) is 3.04. The van der Waals surface area contributed by atoms with Gasteiger partial charge in [0.25, 0.3) is 0 Å². The van der Waals surface area contributed by atoms with Gasteiger partial charge in [-0.05, 0) is 39.0 Å². The van der Waals surface area contributed by atoms with Crippen molar-refractivity contribution < 1.29 is 19.2 Å². The van der Waals surface area contributed by atoms with E-state index in [0.717, 1.165) is 11.0 Å². The SMILES string of the molecule is COc1cc(-c2nc3ccccc3[nH]2)cc([N+](=O)[O-])c1OC(=O)C(C)(C)C. The molecule has 140 valence electrons. The van der Waals surface area contributed by atoms with Crippen LogP contribution in [-0.4, -0.2) is 28.0 Å². The van der Waals surface area contributed by atoms with E-state index in [9.17, 15) is 14.9 Å². The lowest BCUT2D eigenvalue weighted by Gasteiger charge is -2.18. The van der Waals surface area contributed by atoms with Crippen molar-refractivity contribution >= 4 is 22.7 Å². The number of nitro groups is 1.